The lowest BCUT2D eigenvalue weighted by atomic mass is 10.1. The van der Waals surface area contributed by atoms with Gasteiger partial charge >= 0.3 is 0 Å². The molecule has 0 aliphatic rings. The van der Waals surface area contributed by atoms with Crippen molar-refractivity contribution in [1.82, 2.24) is 5.32 Å². The van der Waals surface area contributed by atoms with E-state index in [-0.39, 0.29) is 12.4 Å². The molecule has 0 amide bonds. The van der Waals surface area contributed by atoms with Crippen LogP contribution in [0.1, 0.15) is 37.0 Å². The molecule has 0 unspecified atom stereocenters. The summed E-state index contributed by atoms with van der Waals surface area (Å²) in [7, 11) is 0. The fraction of sp³-hybridized carbons (Fsp3) is 0.400. The van der Waals surface area contributed by atoms with Gasteiger partial charge in [-0.2, -0.15) is 0 Å². The lowest BCUT2D eigenvalue weighted by molar-refractivity contribution is 0.306. The highest BCUT2D eigenvalue weighted by atomic mass is 35.5. The monoisotopic (exact) mass is 333 g/mol. The highest BCUT2D eigenvalue weighted by Gasteiger charge is 1.99. The molecule has 0 heterocycles. The van der Waals surface area contributed by atoms with Crippen LogP contribution >= 0.6 is 12.4 Å². The predicted octanol–water partition coefficient (Wildman–Crippen LogP) is 5.13. The molecule has 0 saturated heterocycles. The fourth-order valence-corrected chi connectivity index (χ4v) is 2.22. The Labute approximate surface area is 146 Å². The lowest BCUT2D eigenvalue weighted by Gasteiger charge is -2.10. The number of ether oxygens (including phenoxy) is 1. The highest BCUT2D eigenvalue weighted by molar-refractivity contribution is 5.85. The van der Waals surface area contributed by atoms with Crippen molar-refractivity contribution < 1.29 is 4.74 Å². The summed E-state index contributed by atoms with van der Waals surface area (Å²) >= 11 is 0. The molecule has 2 aromatic carbocycles. The second-order valence-electron chi connectivity index (χ2n) is 6.28. The Bertz CT molecular complexity index is 566. The van der Waals surface area contributed by atoms with Crippen molar-refractivity contribution in [2.45, 2.75) is 40.3 Å². The van der Waals surface area contributed by atoms with E-state index in [1.807, 2.05) is 6.07 Å². The molecule has 126 valence electrons. The summed E-state index contributed by atoms with van der Waals surface area (Å²) in [5, 5.41) is 3.48. The number of nitrogens with one attached hydrogen (secondary N) is 1. The second kappa shape index (κ2) is 10.3. The first kappa shape index (κ1) is 19.5. The molecule has 2 rings (SSSR count). The maximum absolute atomic E-state index is 5.89. The Kier molecular flexibility index (Phi) is 8.75. The maximum atomic E-state index is 5.89. The van der Waals surface area contributed by atoms with Crippen molar-refractivity contribution in [3.8, 4) is 5.75 Å². The summed E-state index contributed by atoms with van der Waals surface area (Å²) in [6.45, 7) is 9.17. The van der Waals surface area contributed by atoms with E-state index in [1.54, 1.807) is 0 Å². The van der Waals surface area contributed by atoms with Crippen LogP contribution in [-0.2, 0) is 13.2 Å². The number of rotatable bonds is 8. The SMILES string of the molecule is Cc1ccc(COc2cccc(CNCCC(C)C)c2)cc1.Cl. The van der Waals surface area contributed by atoms with Gasteiger partial charge in [-0.1, -0.05) is 55.8 Å². The van der Waals surface area contributed by atoms with Crippen molar-refractivity contribution >= 4 is 12.4 Å². The average molecular weight is 334 g/mol. The zero-order valence-corrected chi connectivity index (χ0v) is 15.2. The third kappa shape index (κ3) is 7.54. The van der Waals surface area contributed by atoms with Crippen LogP contribution in [0.2, 0.25) is 0 Å². The summed E-state index contributed by atoms with van der Waals surface area (Å²) in [5.74, 6) is 1.68. The summed E-state index contributed by atoms with van der Waals surface area (Å²) in [4.78, 5) is 0. The largest absolute Gasteiger partial charge is 0.489 e. The molecule has 2 aromatic rings. The molecule has 0 spiro atoms. The quantitative estimate of drug-likeness (QED) is 0.676. The minimum Gasteiger partial charge on any atom is -0.489 e. The van der Waals surface area contributed by atoms with E-state index in [0.29, 0.717) is 6.61 Å². The van der Waals surface area contributed by atoms with E-state index in [1.165, 1.54) is 23.1 Å². The van der Waals surface area contributed by atoms with Gasteiger partial charge in [0, 0.05) is 6.54 Å². The van der Waals surface area contributed by atoms with Gasteiger partial charge in [-0.15, -0.1) is 12.4 Å². The Morgan fingerprint density at radius 2 is 1.74 bits per heavy atom. The van der Waals surface area contributed by atoms with E-state index in [4.69, 9.17) is 4.74 Å². The van der Waals surface area contributed by atoms with Crippen LogP contribution in [0.25, 0.3) is 0 Å². The standard InChI is InChI=1S/C20H27NO.ClH/c1-16(2)11-12-21-14-19-5-4-6-20(13-19)22-15-18-9-7-17(3)8-10-18;/h4-10,13,16,21H,11-12,14-15H2,1-3H3;1H. The Hall–Kier alpha value is -1.51. The number of aryl methyl sites for hydroxylation is 1. The topological polar surface area (TPSA) is 21.3 Å². The van der Waals surface area contributed by atoms with Gasteiger partial charge in [0.15, 0.2) is 0 Å². The van der Waals surface area contributed by atoms with Crippen LogP contribution in [-0.4, -0.2) is 6.54 Å². The van der Waals surface area contributed by atoms with Gasteiger partial charge in [-0.05, 0) is 49.1 Å². The minimum atomic E-state index is 0. The third-order valence-corrected chi connectivity index (χ3v) is 3.65. The van der Waals surface area contributed by atoms with Crippen molar-refractivity contribution in [3.63, 3.8) is 0 Å². The molecule has 0 radical (unpaired) electrons. The summed E-state index contributed by atoms with van der Waals surface area (Å²) < 4.78 is 5.89. The Morgan fingerprint density at radius 3 is 2.43 bits per heavy atom. The summed E-state index contributed by atoms with van der Waals surface area (Å²) in [6, 6.07) is 16.8. The van der Waals surface area contributed by atoms with Crippen molar-refractivity contribution in [3.05, 3.63) is 65.2 Å². The molecule has 3 heteroatoms. The van der Waals surface area contributed by atoms with Crippen LogP contribution in [0, 0.1) is 12.8 Å². The van der Waals surface area contributed by atoms with Gasteiger partial charge in [-0.25, -0.2) is 0 Å². The van der Waals surface area contributed by atoms with Crippen molar-refractivity contribution in [1.29, 1.82) is 0 Å². The zero-order valence-electron chi connectivity index (χ0n) is 14.3. The van der Waals surface area contributed by atoms with Gasteiger partial charge in [0.05, 0.1) is 0 Å². The molecule has 2 nitrogen and oxygen atoms in total. The fourth-order valence-electron chi connectivity index (χ4n) is 2.22. The first-order valence-electron chi connectivity index (χ1n) is 8.11. The van der Waals surface area contributed by atoms with Crippen LogP contribution in [0.15, 0.2) is 48.5 Å². The maximum Gasteiger partial charge on any atom is 0.120 e. The van der Waals surface area contributed by atoms with E-state index in [9.17, 15) is 0 Å². The van der Waals surface area contributed by atoms with E-state index >= 15 is 0 Å². The molecule has 0 fully saturated rings. The molecular formula is C20H28ClNO. The summed E-state index contributed by atoms with van der Waals surface area (Å²) in [6.07, 6.45) is 1.21. The highest BCUT2D eigenvalue weighted by Crippen LogP contribution is 2.15. The molecule has 0 saturated carbocycles. The van der Waals surface area contributed by atoms with Crippen molar-refractivity contribution in [2.75, 3.05) is 6.54 Å². The van der Waals surface area contributed by atoms with E-state index in [0.717, 1.165) is 24.8 Å². The van der Waals surface area contributed by atoms with Crippen LogP contribution in [0.4, 0.5) is 0 Å². The number of hydrogen-bond donors (Lipinski definition) is 1. The second-order valence-corrected chi connectivity index (χ2v) is 6.28. The van der Waals surface area contributed by atoms with Gasteiger partial charge < -0.3 is 10.1 Å². The minimum absolute atomic E-state index is 0. The molecule has 23 heavy (non-hydrogen) atoms. The third-order valence-electron chi connectivity index (χ3n) is 3.65. The lowest BCUT2D eigenvalue weighted by Crippen LogP contribution is -2.16. The van der Waals surface area contributed by atoms with Crippen LogP contribution in [0.3, 0.4) is 0 Å². The average Bonchev–Trinajstić information content (AvgIpc) is 2.51. The van der Waals surface area contributed by atoms with Gasteiger partial charge in [0.25, 0.3) is 0 Å². The molecule has 1 N–H and O–H groups in total. The number of halogens is 1. The molecule has 0 aliphatic carbocycles. The molecular weight excluding hydrogens is 306 g/mol. The van der Waals surface area contributed by atoms with Crippen molar-refractivity contribution in [2.24, 2.45) is 5.92 Å². The predicted molar refractivity (Wildman–Crippen MR) is 100 cm³/mol. The van der Waals surface area contributed by atoms with Gasteiger partial charge in [0.1, 0.15) is 12.4 Å². The smallest absolute Gasteiger partial charge is 0.120 e. The summed E-state index contributed by atoms with van der Waals surface area (Å²) in [5.41, 5.74) is 3.74. The van der Waals surface area contributed by atoms with Gasteiger partial charge in [-0.3, -0.25) is 0 Å². The number of hydrogen-bond acceptors (Lipinski definition) is 2. The van der Waals surface area contributed by atoms with Gasteiger partial charge in [0.2, 0.25) is 0 Å². The van der Waals surface area contributed by atoms with Crippen LogP contribution in [0.5, 0.6) is 5.75 Å². The zero-order chi connectivity index (χ0) is 15.8. The first-order chi connectivity index (χ1) is 10.6. The molecule has 0 aromatic heterocycles. The molecule has 0 bridgehead atoms. The first-order valence-corrected chi connectivity index (χ1v) is 8.11. The molecule has 0 atom stereocenters. The van der Waals surface area contributed by atoms with Crippen LogP contribution < -0.4 is 10.1 Å². The Balaban J connectivity index is 0.00000264. The normalized spacial score (nSPS) is 10.4. The molecule has 0 aliphatic heterocycles. The van der Waals surface area contributed by atoms with E-state index < -0.39 is 0 Å². The van der Waals surface area contributed by atoms with E-state index in [2.05, 4.69) is 68.6 Å². The Morgan fingerprint density at radius 1 is 1.00 bits per heavy atom. The number of benzene rings is 2.